The Morgan fingerprint density at radius 1 is 1.28 bits per heavy atom. The second-order valence-electron chi connectivity index (χ2n) is 6.91. The second-order valence-corrected chi connectivity index (χ2v) is 6.91. The standard InChI is InChI=1S/C21H22N4O4/c1-28-12-19-23-15-8-7-14(10-16(15)24-19)22-21(27)13-9-20(26)25(11-13)17-5-3-4-6-18(17)29-2/h3-8,10,13H,9,11-12H2,1-2H3,(H,22,27)(H,23,24)/t13-/m1/s1. The molecule has 3 aromatic rings. The molecule has 150 valence electrons. The first-order valence-electron chi connectivity index (χ1n) is 9.31. The van der Waals surface area contributed by atoms with Gasteiger partial charge in [-0.25, -0.2) is 4.98 Å². The molecule has 2 N–H and O–H groups in total. The summed E-state index contributed by atoms with van der Waals surface area (Å²) in [6.45, 7) is 0.703. The van der Waals surface area contributed by atoms with Gasteiger partial charge < -0.3 is 24.7 Å². The third-order valence-electron chi connectivity index (χ3n) is 4.95. The lowest BCUT2D eigenvalue weighted by Crippen LogP contribution is -2.28. The number of aromatic nitrogens is 2. The summed E-state index contributed by atoms with van der Waals surface area (Å²) < 4.78 is 10.4. The first-order chi connectivity index (χ1) is 14.1. The van der Waals surface area contributed by atoms with Crippen LogP contribution in [-0.2, 0) is 20.9 Å². The van der Waals surface area contributed by atoms with E-state index in [1.807, 2.05) is 30.3 Å². The van der Waals surface area contributed by atoms with Gasteiger partial charge in [0.05, 0.1) is 29.7 Å². The van der Waals surface area contributed by atoms with Crippen molar-refractivity contribution in [2.75, 3.05) is 31.0 Å². The molecule has 8 nitrogen and oxygen atoms in total. The molecule has 0 radical (unpaired) electrons. The molecule has 2 aromatic carbocycles. The second kappa shape index (κ2) is 7.92. The lowest BCUT2D eigenvalue weighted by molar-refractivity contribution is -0.122. The number of carbonyl (C=O) groups excluding carboxylic acids is 2. The predicted molar refractivity (Wildman–Crippen MR) is 109 cm³/mol. The molecule has 0 saturated carbocycles. The number of hydrogen-bond donors (Lipinski definition) is 2. The zero-order chi connectivity index (χ0) is 20.4. The number of benzene rings is 2. The summed E-state index contributed by atoms with van der Waals surface area (Å²) in [5.41, 5.74) is 2.94. The molecule has 1 fully saturated rings. The smallest absolute Gasteiger partial charge is 0.229 e. The van der Waals surface area contributed by atoms with Gasteiger partial charge in [-0.15, -0.1) is 0 Å². The molecule has 2 heterocycles. The molecule has 4 rings (SSSR count). The van der Waals surface area contributed by atoms with Gasteiger partial charge in [0.2, 0.25) is 11.8 Å². The summed E-state index contributed by atoms with van der Waals surface area (Å²) in [6.07, 6.45) is 0.161. The predicted octanol–water partition coefficient (Wildman–Crippen LogP) is 2.71. The maximum Gasteiger partial charge on any atom is 0.229 e. The highest BCUT2D eigenvalue weighted by molar-refractivity contribution is 6.04. The highest BCUT2D eigenvalue weighted by Crippen LogP contribution is 2.33. The van der Waals surface area contributed by atoms with Crippen molar-refractivity contribution < 1.29 is 19.1 Å². The number of ether oxygens (including phenoxy) is 2. The minimum atomic E-state index is -0.436. The van der Waals surface area contributed by atoms with Gasteiger partial charge in [0, 0.05) is 25.8 Å². The van der Waals surface area contributed by atoms with Crippen LogP contribution in [0.25, 0.3) is 11.0 Å². The van der Waals surface area contributed by atoms with Gasteiger partial charge in [-0.3, -0.25) is 9.59 Å². The summed E-state index contributed by atoms with van der Waals surface area (Å²) in [7, 11) is 3.17. The third kappa shape index (κ3) is 3.79. The van der Waals surface area contributed by atoms with Crippen LogP contribution in [0.15, 0.2) is 42.5 Å². The number of H-pyrrole nitrogens is 1. The number of aromatic amines is 1. The Morgan fingerprint density at radius 2 is 2.10 bits per heavy atom. The molecule has 2 amide bonds. The molecular weight excluding hydrogens is 372 g/mol. The number of hydrogen-bond acceptors (Lipinski definition) is 5. The Hall–Kier alpha value is -3.39. The fourth-order valence-electron chi connectivity index (χ4n) is 3.56. The van der Waals surface area contributed by atoms with E-state index in [-0.39, 0.29) is 18.2 Å². The Labute approximate surface area is 167 Å². The average molecular weight is 394 g/mol. The molecule has 1 atom stereocenters. The molecule has 0 bridgehead atoms. The molecule has 0 unspecified atom stereocenters. The van der Waals surface area contributed by atoms with Crippen LogP contribution >= 0.6 is 0 Å². The zero-order valence-electron chi connectivity index (χ0n) is 16.3. The minimum Gasteiger partial charge on any atom is -0.495 e. The molecule has 1 aromatic heterocycles. The van der Waals surface area contributed by atoms with E-state index in [0.29, 0.717) is 30.3 Å². The van der Waals surface area contributed by atoms with Crippen LogP contribution in [-0.4, -0.2) is 42.5 Å². The van der Waals surface area contributed by atoms with Crippen molar-refractivity contribution in [3.05, 3.63) is 48.3 Å². The molecule has 1 aliphatic heterocycles. The summed E-state index contributed by atoms with van der Waals surface area (Å²) in [4.78, 5) is 34.5. The van der Waals surface area contributed by atoms with Gasteiger partial charge in [-0.1, -0.05) is 12.1 Å². The monoisotopic (exact) mass is 394 g/mol. The van der Waals surface area contributed by atoms with Crippen LogP contribution in [0.1, 0.15) is 12.2 Å². The van der Waals surface area contributed by atoms with E-state index in [1.165, 1.54) is 0 Å². The lowest BCUT2D eigenvalue weighted by atomic mass is 10.1. The van der Waals surface area contributed by atoms with Crippen LogP contribution in [0, 0.1) is 5.92 Å². The van der Waals surface area contributed by atoms with Gasteiger partial charge in [-0.2, -0.15) is 0 Å². The Bertz CT molecular complexity index is 1060. The maximum absolute atomic E-state index is 12.8. The normalized spacial score (nSPS) is 16.4. The fourth-order valence-corrected chi connectivity index (χ4v) is 3.56. The van der Waals surface area contributed by atoms with E-state index in [4.69, 9.17) is 9.47 Å². The first kappa shape index (κ1) is 18.9. The number of para-hydroxylation sites is 2. The van der Waals surface area contributed by atoms with Crippen molar-refractivity contribution in [3.63, 3.8) is 0 Å². The van der Waals surface area contributed by atoms with Crippen LogP contribution < -0.4 is 15.0 Å². The quantitative estimate of drug-likeness (QED) is 0.670. The number of anilines is 2. The van der Waals surface area contributed by atoms with Gasteiger partial charge in [0.1, 0.15) is 18.2 Å². The van der Waals surface area contributed by atoms with Crippen LogP contribution in [0.3, 0.4) is 0 Å². The number of fused-ring (bicyclic) bond motifs is 1. The molecule has 1 aliphatic rings. The van der Waals surface area contributed by atoms with Gasteiger partial charge in [0.25, 0.3) is 0 Å². The molecule has 29 heavy (non-hydrogen) atoms. The van der Waals surface area contributed by atoms with E-state index in [2.05, 4.69) is 15.3 Å². The van der Waals surface area contributed by atoms with Crippen molar-refractivity contribution in [2.45, 2.75) is 13.0 Å². The number of amides is 2. The summed E-state index contributed by atoms with van der Waals surface area (Å²) >= 11 is 0. The van der Waals surface area contributed by atoms with E-state index in [0.717, 1.165) is 16.9 Å². The third-order valence-corrected chi connectivity index (χ3v) is 4.95. The number of nitrogens with one attached hydrogen (secondary N) is 2. The maximum atomic E-state index is 12.8. The first-order valence-corrected chi connectivity index (χ1v) is 9.31. The summed E-state index contributed by atoms with van der Waals surface area (Å²) in [5.74, 6) is 0.613. The van der Waals surface area contributed by atoms with Crippen molar-refractivity contribution in [1.82, 2.24) is 9.97 Å². The fraction of sp³-hybridized carbons (Fsp3) is 0.286. The van der Waals surface area contributed by atoms with Gasteiger partial charge in [0.15, 0.2) is 0 Å². The Balaban J connectivity index is 1.47. The molecule has 1 saturated heterocycles. The van der Waals surface area contributed by atoms with E-state index in [1.54, 1.807) is 31.3 Å². The van der Waals surface area contributed by atoms with Crippen LogP contribution in [0.5, 0.6) is 5.75 Å². The number of methoxy groups -OCH3 is 2. The zero-order valence-corrected chi connectivity index (χ0v) is 16.3. The average Bonchev–Trinajstić information content (AvgIpc) is 3.30. The summed E-state index contributed by atoms with van der Waals surface area (Å²) in [5, 5.41) is 2.91. The minimum absolute atomic E-state index is 0.0946. The van der Waals surface area contributed by atoms with E-state index < -0.39 is 5.92 Å². The number of imidazole rings is 1. The van der Waals surface area contributed by atoms with Crippen LogP contribution in [0.2, 0.25) is 0 Å². The number of carbonyl (C=O) groups is 2. The topological polar surface area (TPSA) is 96.5 Å². The molecule has 0 spiro atoms. The highest BCUT2D eigenvalue weighted by Gasteiger charge is 2.36. The van der Waals surface area contributed by atoms with Gasteiger partial charge >= 0.3 is 0 Å². The largest absolute Gasteiger partial charge is 0.495 e. The molecule has 8 heteroatoms. The summed E-state index contributed by atoms with van der Waals surface area (Å²) in [6, 6.07) is 12.8. The number of rotatable bonds is 6. The van der Waals surface area contributed by atoms with Gasteiger partial charge in [-0.05, 0) is 30.3 Å². The van der Waals surface area contributed by atoms with Crippen molar-refractivity contribution in [1.29, 1.82) is 0 Å². The van der Waals surface area contributed by atoms with Crippen molar-refractivity contribution >= 4 is 34.2 Å². The van der Waals surface area contributed by atoms with Crippen molar-refractivity contribution in [2.24, 2.45) is 5.92 Å². The SMILES string of the molecule is COCc1nc2ccc(NC(=O)[C@@H]3CC(=O)N(c4ccccc4OC)C3)cc2[nH]1. The molecule has 0 aliphatic carbocycles. The van der Waals surface area contributed by atoms with Crippen molar-refractivity contribution in [3.8, 4) is 5.75 Å². The molecular formula is C21H22N4O4. The van der Waals surface area contributed by atoms with Crippen LogP contribution in [0.4, 0.5) is 11.4 Å². The highest BCUT2D eigenvalue weighted by atomic mass is 16.5. The lowest BCUT2D eigenvalue weighted by Gasteiger charge is -2.19. The Kier molecular flexibility index (Phi) is 5.18. The van der Waals surface area contributed by atoms with E-state index >= 15 is 0 Å². The van der Waals surface area contributed by atoms with E-state index in [9.17, 15) is 9.59 Å². The number of nitrogens with zero attached hydrogens (tertiary/aromatic N) is 2. The Morgan fingerprint density at radius 3 is 2.90 bits per heavy atom.